The highest BCUT2D eigenvalue weighted by molar-refractivity contribution is 5.91. The van der Waals surface area contributed by atoms with Gasteiger partial charge in [-0.2, -0.15) is 0 Å². The molecule has 4 nitrogen and oxygen atoms in total. The lowest BCUT2D eigenvalue weighted by Crippen LogP contribution is -2.32. The first-order valence-electron chi connectivity index (χ1n) is 6.19. The summed E-state index contributed by atoms with van der Waals surface area (Å²) in [5.41, 5.74) is 0.233. The molecule has 98 valence electrons. The summed E-state index contributed by atoms with van der Waals surface area (Å²) in [6.45, 7) is 2.00. The van der Waals surface area contributed by atoms with Gasteiger partial charge in [0.1, 0.15) is 17.9 Å². The summed E-state index contributed by atoms with van der Waals surface area (Å²) in [6.07, 6.45) is 3.45. The van der Waals surface area contributed by atoms with Crippen LogP contribution in [0.3, 0.4) is 0 Å². The minimum absolute atomic E-state index is 0.150. The molecule has 0 bridgehead atoms. The molecule has 0 heterocycles. The Kier molecular flexibility index (Phi) is 3.57. The fourth-order valence-electron chi connectivity index (χ4n) is 2.33. The van der Waals surface area contributed by atoms with Gasteiger partial charge in [0.05, 0.1) is 5.60 Å². The van der Waals surface area contributed by atoms with E-state index in [0.29, 0.717) is 5.75 Å². The van der Waals surface area contributed by atoms with Crippen LogP contribution in [0.4, 0.5) is 0 Å². The van der Waals surface area contributed by atoms with E-state index in [1.54, 1.807) is 18.2 Å². The van der Waals surface area contributed by atoms with Crippen LogP contribution in [0.2, 0.25) is 0 Å². The molecule has 18 heavy (non-hydrogen) atoms. The third-order valence-electron chi connectivity index (χ3n) is 3.40. The number of aliphatic hydroxyl groups is 1. The Morgan fingerprint density at radius 1 is 1.39 bits per heavy atom. The van der Waals surface area contributed by atoms with Crippen LogP contribution >= 0.6 is 0 Å². The lowest BCUT2D eigenvalue weighted by atomic mass is 10.0. The van der Waals surface area contributed by atoms with Crippen molar-refractivity contribution in [2.24, 2.45) is 0 Å². The van der Waals surface area contributed by atoms with E-state index in [2.05, 4.69) is 0 Å². The molecule has 0 amide bonds. The Morgan fingerprint density at radius 3 is 2.67 bits per heavy atom. The number of carbonyl (C=O) groups is 1. The molecule has 1 aliphatic carbocycles. The van der Waals surface area contributed by atoms with Gasteiger partial charge in [0, 0.05) is 0 Å². The van der Waals surface area contributed by atoms with Crippen LogP contribution in [0.5, 0.6) is 5.75 Å². The number of hydrogen-bond donors (Lipinski definition) is 2. The van der Waals surface area contributed by atoms with Crippen LogP contribution < -0.4 is 4.74 Å². The molecular formula is C14H18O4. The maximum Gasteiger partial charge on any atom is 0.339 e. The Hall–Kier alpha value is -1.55. The van der Waals surface area contributed by atoms with Crippen molar-refractivity contribution in [1.29, 1.82) is 0 Å². The fourth-order valence-corrected chi connectivity index (χ4v) is 2.33. The molecule has 0 atom stereocenters. The molecule has 1 aliphatic rings. The Balaban J connectivity index is 2.11. The number of ether oxygens (including phenoxy) is 1. The van der Waals surface area contributed by atoms with Gasteiger partial charge in [-0.25, -0.2) is 4.79 Å². The predicted molar refractivity (Wildman–Crippen MR) is 67.1 cm³/mol. The summed E-state index contributed by atoms with van der Waals surface area (Å²) in [5, 5.41) is 19.3. The van der Waals surface area contributed by atoms with E-state index in [1.165, 1.54) is 0 Å². The normalized spacial score (nSPS) is 17.7. The highest BCUT2D eigenvalue weighted by atomic mass is 16.5. The van der Waals surface area contributed by atoms with Crippen molar-refractivity contribution in [3.8, 4) is 5.75 Å². The Bertz CT molecular complexity index is 447. The van der Waals surface area contributed by atoms with Crippen LogP contribution in [0.1, 0.15) is 41.6 Å². The van der Waals surface area contributed by atoms with E-state index in [4.69, 9.17) is 9.84 Å². The van der Waals surface area contributed by atoms with Gasteiger partial charge in [0.2, 0.25) is 0 Å². The first-order valence-corrected chi connectivity index (χ1v) is 6.19. The van der Waals surface area contributed by atoms with Gasteiger partial charge >= 0.3 is 5.97 Å². The molecule has 0 aliphatic heterocycles. The molecular weight excluding hydrogens is 232 g/mol. The summed E-state index contributed by atoms with van der Waals surface area (Å²) in [4.78, 5) is 11.1. The van der Waals surface area contributed by atoms with Crippen molar-refractivity contribution < 1.29 is 19.7 Å². The van der Waals surface area contributed by atoms with Crippen LogP contribution in [0.25, 0.3) is 0 Å². The first kappa shape index (κ1) is 12.9. The summed E-state index contributed by atoms with van der Waals surface area (Å²) in [5.74, 6) is -0.680. The van der Waals surface area contributed by atoms with E-state index >= 15 is 0 Å². The van der Waals surface area contributed by atoms with Crippen LogP contribution in [-0.4, -0.2) is 28.4 Å². The van der Waals surface area contributed by atoms with Gasteiger partial charge in [-0.1, -0.05) is 24.5 Å². The van der Waals surface area contributed by atoms with Crippen molar-refractivity contribution >= 4 is 5.97 Å². The summed E-state index contributed by atoms with van der Waals surface area (Å²) >= 11 is 0. The molecule has 1 fully saturated rings. The maximum absolute atomic E-state index is 11.1. The second-order valence-electron chi connectivity index (χ2n) is 5.02. The molecule has 0 unspecified atom stereocenters. The fraction of sp³-hybridized carbons (Fsp3) is 0.500. The third-order valence-corrected chi connectivity index (χ3v) is 3.40. The highest BCUT2D eigenvalue weighted by Gasteiger charge is 2.32. The van der Waals surface area contributed by atoms with E-state index in [0.717, 1.165) is 31.2 Å². The van der Waals surface area contributed by atoms with Gasteiger partial charge in [-0.05, 0) is 31.9 Å². The van der Waals surface area contributed by atoms with Crippen molar-refractivity contribution in [2.75, 3.05) is 6.61 Å². The minimum atomic E-state index is -1.01. The van der Waals surface area contributed by atoms with Crippen LogP contribution in [0.15, 0.2) is 18.2 Å². The number of rotatable bonds is 4. The average molecular weight is 250 g/mol. The van der Waals surface area contributed by atoms with E-state index in [1.807, 2.05) is 6.92 Å². The van der Waals surface area contributed by atoms with Gasteiger partial charge in [0.15, 0.2) is 0 Å². The number of carboxylic acids is 1. The summed E-state index contributed by atoms with van der Waals surface area (Å²) in [6, 6.07) is 5.04. The zero-order valence-electron chi connectivity index (χ0n) is 10.5. The SMILES string of the molecule is Cc1ccc(OCC2(O)CCCC2)c(C(=O)O)c1. The largest absolute Gasteiger partial charge is 0.490 e. The molecule has 1 aromatic carbocycles. The maximum atomic E-state index is 11.1. The van der Waals surface area contributed by atoms with E-state index in [9.17, 15) is 9.90 Å². The lowest BCUT2D eigenvalue weighted by molar-refractivity contribution is 0.000902. The van der Waals surface area contributed by atoms with Gasteiger partial charge in [0.25, 0.3) is 0 Å². The smallest absolute Gasteiger partial charge is 0.339 e. The monoisotopic (exact) mass is 250 g/mol. The van der Waals surface area contributed by atoms with Gasteiger partial charge in [-0.3, -0.25) is 0 Å². The average Bonchev–Trinajstić information content (AvgIpc) is 2.75. The van der Waals surface area contributed by atoms with Crippen molar-refractivity contribution in [3.63, 3.8) is 0 Å². The second-order valence-corrected chi connectivity index (χ2v) is 5.02. The molecule has 0 spiro atoms. The molecule has 1 saturated carbocycles. The summed E-state index contributed by atoms with van der Waals surface area (Å²) < 4.78 is 5.51. The standard InChI is InChI=1S/C14H18O4/c1-10-4-5-12(11(8-10)13(15)16)18-9-14(17)6-2-3-7-14/h4-5,8,17H,2-3,6-7,9H2,1H3,(H,15,16). The summed E-state index contributed by atoms with van der Waals surface area (Å²) in [7, 11) is 0. The third kappa shape index (κ3) is 2.82. The predicted octanol–water partition coefficient (Wildman–Crippen LogP) is 2.38. The lowest BCUT2D eigenvalue weighted by Gasteiger charge is -2.22. The minimum Gasteiger partial charge on any atom is -0.490 e. The molecule has 4 heteroatoms. The van der Waals surface area contributed by atoms with Gasteiger partial charge in [-0.15, -0.1) is 0 Å². The zero-order valence-corrected chi connectivity index (χ0v) is 10.5. The van der Waals surface area contributed by atoms with E-state index in [-0.39, 0.29) is 12.2 Å². The number of aryl methyl sites for hydroxylation is 1. The highest BCUT2D eigenvalue weighted by Crippen LogP contribution is 2.31. The van der Waals surface area contributed by atoms with Crippen LogP contribution in [0, 0.1) is 6.92 Å². The number of benzene rings is 1. The molecule has 1 aromatic rings. The van der Waals surface area contributed by atoms with Crippen molar-refractivity contribution in [3.05, 3.63) is 29.3 Å². The molecule has 0 saturated heterocycles. The molecule has 2 N–H and O–H groups in total. The second kappa shape index (κ2) is 4.98. The number of carboxylic acid groups (broad SMARTS) is 1. The van der Waals surface area contributed by atoms with E-state index < -0.39 is 11.6 Å². The molecule has 2 rings (SSSR count). The number of hydrogen-bond acceptors (Lipinski definition) is 3. The van der Waals surface area contributed by atoms with Crippen LogP contribution in [-0.2, 0) is 0 Å². The zero-order chi connectivity index (χ0) is 13.2. The van der Waals surface area contributed by atoms with Crippen molar-refractivity contribution in [2.45, 2.75) is 38.2 Å². The Morgan fingerprint density at radius 2 is 2.06 bits per heavy atom. The van der Waals surface area contributed by atoms with Gasteiger partial charge < -0.3 is 14.9 Å². The number of aromatic carboxylic acids is 1. The molecule has 0 radical (unpaired) electrons. The topological polar surface area (TPSA) is 66.8 Å². The first-order chi connectivity index (χ1) is 8.50. The quantitative estimate of drug-likeness (QED) is 0.861. The Labute approximate surface area is 106 Å². The molecule has 0 aromatic heterocycles. The van der Waals surface area contributed by atoms with Crippen molar-refractivity contribution in [1.82, 2.24) is 0 Å².